The number of carboxylic acids is 1. The molecule has 0 aromatic carbocycles. The van der Waals surface area contributed by atoms with Crippen LogP contribution in [0.25, 0.3) is 0 Å². The zero-order valence-corrected chi connectivity index (χ0v) is 20.1. The molecule has 1 aliphatic heterocycles. The van der Waals surface area contributed by atoms with Crippen molar-refractivity contribution in [3.63, 3.8) is 0 Å². The molecule has 2 aromatic heterocycles. The third-order valence-corrected chi connectivity index (χ3v) is 6.06. The number of rotatable bonds is 13. The molecule has 4 atom stereocenters. The van der Waals surface area contributed by atoms with Gasteiger partial charge in [0.25, 0.3) is 0 Å². The van der Waals surface area contributed by atoms with Crippen LogP contribution in [-0.2, 0) is 36.8 Å². The topological polar surface area (TPSA) is 242 Å². The van der Waals surface area contributed by atoms with E-state index in [1.807, 2.05) is 0 Å². The van der Waals surface area contributed by atoms with Crippen LogP contribution in [0.4, 0.5) is 0 Å². The van der Waals surface area contributed by atoms with Gasteiger partial charge in [-0.05, 0) is 19.3 Å². The second kappa shape index (κ2) is 12.6. The second-order valence-electron chi connectivity index (χ2n) is 8.82. The lowest BCUT2D eigenvalue weighted by molar-refractivity contribution is -0.143. The molecule has 0 aliphatic carbocycles. The molecule has 3 rings (SSSR count). The number of H-pyrrole nitrogens is 2. The number of likely N-dealkylation sites (tertiary alicyclic amines) is 1. The third kappa shape index (κ3) is 7.60. The summed E-state index contributed by atoms with van der Waals surface area (Å²) in [6, 6.07) is -4.34. The fourth-order valence-electron chi connectivity index (χ4n) is 4.15. The van der Waals surface area contributed by atoms with E-state index in [1.165, 1.54) is 23.8 Å². The van der Waals surface area contributed by atoms with Crippen LogP contribution in [0.15, 0.2) is 25.0 Å². The highest BCUT2D eigenvalue weighted by atomic mass is 16.4. The van der Waals surface area contributed by atoms with Gasteiger partial charge in [0.05, 0.1) is 18.7 Å². The molecule has 1 saturated heterocycles. The maximum Gasteiger partial charge on any atom is 0.326 e. The third-order valence-electron chi connectivity index (χ3n) is 6.06. The highest BCUT2D eigenvalue weighted by Gasteiger charge is 2.38. The van der Waals surface area contributed by atoms with Gasteiger partial charge < -0.3 is 42.1 Å². The predicted molar refractivity (Wildman–Crippen MR) is 127 cm³/mol. The molecule has 4 unspecified atom stereocenters. The highest BCUT2D eigenvalue weighted by Crippen LogP contribution is 2.19. The molecule has 4 amide bonds. The van der Waals surface area contributed by atoms with Gasteiger partial charge in [0.15, 0.2) is 0 Å². The van der Waals surface area contributed by atoms with Crippen molar-refractivity contribution in [1.82, 2.24) is 35.5 Å². The number of hydrogen-bond donors (Lipinski definition) is 7. The van der Waals surface area contributed by atoms with E-state index < -0.39 is 53.8 Å². The SMILES string of the molecule is NC(=O)CCC(NC(=O)C1CCCN1C(=O)C(N)Cc1cnc[nH]1)C(=O)NC(Cc1cnc[nH]1)C(=O)O. The van der Waals surface area contributed by atoms with E-state index in [-0.39, 0.29) is 25.7 Å². The molecule has 0 spiro atoms. The Bertz CT molecular complexity index is 1090. The van der Waals surface area contributed by atoms with Crippen molar-refractivity contribution < 1.29 is 29.1 Å². The number of aromatic nitrogens is 4. The minimum absolute atomic E-state index is 0.0727. The van der Waals surface area contributed by atoms with Gasteiger partial charge in [-0.15, -0.1) is 0 Å². The first-order valence-corrected chi connectivity index (χ1v) is 11.8. The summed E-state index contributed by atoms with van der Waals surface area (Å²) in [6.07, 6.45) is 6.51. The molecule has 2 aromatic rings. The lowest BCUT2D eigenvalue weighted by Gasteiger charge is -2.28. The van der Waals surface area contributed by atoms with Gasteiger partial charge in [-0.2, -0.15) is 0 Å². The van der Waals surface area contributed by atoms with E-state index in [0.29, 0.717) is 30.8 Å². The van der Waals surface area contributed by atoms with Crippen molar-refractivity contribution in [2.24, 2.45) is 11.5 Å². The van der Waals surface area contributed by atoms with Crippen molar-refractivity contribution in [3.05, 3.63) is 36.4 Å². The number of carbonyl (C=O) groups excluding carboxylic acids is 4. The Morgan fingerprint density at radius 3 is 2.27 bits per heavy atom. The van der Waals surface area contributed by atoms with Gasteiger partial charge in [-0.25, -0.2) is 14.8 Å². The number of aromatic amines is 2. The Labute approximate surface area is 211 Å². The van der Waals surface area contributed by atoms with E-state index in [4.69, 9.17) is 11.5 Å². The average Bonchev–Trinajstić information content (AvgIpc) is 3.63. The summed E-state index contributed by atoms with van der Waals surface area (Å²) in [5, 5.41) is 14.5. The minimum atomic E-state index is -1.31. The molecule has 200 valence electrons. The van der Waals surface area contributed by atoms with Crippen LogP contribution in [0.5, 0.6) is 0 Å². The van der Waals surface area contributed by atoms with Gasteiger partial charge in [-0.1, -0.05) is 0 Å². The van der Waals surface area contributed by atoms with Gasteiger partial charge in [0, 0.05) is 49.6 Å². The molecule has 15 nitrogen and oxygen atoms in total. The zero-order chi connectivity index (χ0) is 26.9. The summed E-state index contributed by atoms with van der Waals surface area (Å²) in [7, 11) is 0. The van der Waals surface area contributed by atoms with E-state index in [0.717, 1.165) is 0 Å². The number of nitrogens with zero attached hydrogens (tertiary/aromatic N) is 3. The molecule has 1 fully saturated rings. The fourth-order valence-corrected chi connectivity index (χ4v) is 4.15. The van der Waals surface area contributed by atoms with Crippen LogP contribution >= 0.6 is 0 Å². The molecule has 0 radical (unpaired) electrons. The second-order valence-corrected chi connectivity index (χ2v) is 8.82. The van der Waals surface area contributed by atoms with Crippen LogP contribution in [-0.4, -0.2) is 90.3 Å². The summed E-state index contributed by atoms with van der Waals surface area (Å²) >= 11 is 0. The maximum atomic E-state index is 13.1. The van der Waals surface area contributed by atoms with E-state index in [2.05, 4.69) is 30.6 Å². The molecule has 9 N–H and O–H groups in total. The van der Waals surface area contributed by atoms with Crippen LogP contribution in [0.3, 0.4) is 0 Å². The molecular formula is C22H31N9O6. The van der Waals surface area contributed by atoms with Crippen molar-refractivity contribution in [1.29, 1.82) is 0 Å². The first-order chi connectivity index (χ1) is 17.7. The first kappa shape index (κ1) is 27.3. The molecule has 1 aliphatic rings. The molecule has 37 heavy (non-hydrogen) atoms. The van der Waals surface area contributed by atoms with Crippen LogP contribution in [0.2, 0.25) is 0 Å². The number of nitrogens with two attached hydrogens (primary N) is 2. The summed E-state index contributed by atoms with van der Waals surface area (Å²) in [4.78, 5) is 76.9. The molecular weight excluding hydrogens is 486 g/mol. The summed E-state index contributed by atoms with van der Waals surface area (Å²) in [5.74, 6) is -3.81. The zero-order valence-electron chi connectivity index (χ0n) is 20.1. The predicted octanol–water partition coefficient (Wildman–Crippen LogP) is -2.44. The minimum Gasteiger partial charge on any atom is -0.480 e. The largest absolute Gasteiger partial charge is 0.480 e. The number of aliphatic carboxylic acids is 1. The smallest absolute Gasteiger partial charge is 0.326 e. The molecule has 3 heterocycles. The number of nitrogens with one attached hydrogen (secondary N) is 4. The summed E-state index contributed by atoms with van der Waals surface area (Å²) < 4.78 is 0. The number of carboxylic acid groups (broad SMARTS) is 1. The number of hydrogen-bond acceptors (Lipinski definition) is 8. The van der Waals surface area contributed by atoms with Crippen LogP contribution in [0, 0.1) is 0 Å². The lowest BCUT2D eigenvalue weighted by atomic mass is 10.1. The molecule has 0 bridgehead atoms. The number of amides is 4. The van der Waals surface area contributed by atoms with E-state index in [9.17, 15) is 29.1 Å². The number of primary amides is 1. The Kier molecular flexibility index (Phi) is 9.32. The Balaban J connectivity index is 1.67. The molecule has 15 heteroatoms. The van der Waals surface area contributed by atoms with Crippen molar-refractivity contribution in [2.45, 2.75) is 62.7 Å². The summed E-state index contributed by atoms with van der Waals surface area (Å²) in [5.41, 5.74) is 12.4. The number of imidazole rings is 2. The average molecular weight is 518 g/mol. The van der Waals surface area contributed by atoms with Crippen molar-refractivity contribution >= 4 is 29.6 Å². The van der Waals surface area contributed by atoms with Gasteiger partial charge >= 0.3 is 5.97 Å². The Morgan fingerprint density at radius 1 is 1.05 bits per heavy atom. The van der Waals surface area contributed by atoms with Crippen LogP contribution in [0.1, 0.15) is 37.1 Å². The Morgan fingerprint density at radius 2 is 1.70 bits per heavy atom. The van der Waals surface area contributed by atoms with Gasteiger partial charge in [0.1, 0.15) is 18.1 Å². The molecule has 0 saturated carbocycles. The number of carbonyl (C=O) groups is 5. The van der Waals surface area contributed by atoms with E-state index >= 15 is 0 Å². The quantitative estimate of drug-likeness (QED) is 0.149. The normalized spacial score (nSPS) is 17.5. The van der Waals surface area contributed by atoms with Crippen molar-refractivity contribution in [2.75, 3.05) is 6.54 Å². The summed E-state index contributed by atoms with van der Waals surface area (Å²) in [6.45, 7) is 0.316. The van der Waals surface area contributed by atoms with Gasteiger partial charge in [0.2, 0.25) is 23.6 Å². The monoisotopic (exact) mass is 517 g/mol. The van der Waals surface area contributed by atoms with Crippen LogP contribution < -0.4 is 22.1 Å². The standard InChI is InChI=1S/C22H31N9O6/c23-14(6-12-8-25-10-27-12)21(35)31-5-1-2-17(31)20(34)29-15(3-4-18(24)32)19(33)30-16(22(36)37)7-13-9-26-11-28-13/h8-11,14-17H,1-7,23H2,(H2,24,32)(H,25,27)(H,26,28)(H,29,34)(H,30,33)(H,36,37). The fraction of sp³-hybridized carbons (Fsp3) is 0.500. The first-order valence-electron chi connectivity index (χ1n) is 11.8. The van der Waals surface area contributed by atoms with Gasteiger partial charge in [-0.3, -0.25) is 19.2 Å². The Hall–Kier alpha value is -4.27. The highest BCUT2D eigenvalue weighted by molar-refractivity contribution is 5.94. The lowest BCUT2D eigenvalue weighted by Crippen LogP contribution is -2.57. The van der Waals surface area contributed by atoms with E-state index in [1.54, 1.807) is 6.20 Å². The maximum absolute atomic E-state index is 13.1. The van der Waals surface area contributed by atoms with Crippen molar-refractivity contribution in [3.8, 4) is 0 Å².